The molecule has 0 bridgehead atoms. The highest BCUT2D eigenvalue weighted by Gasteiger charge is 2.41. The summed E-state index contributed by atoms with van der Waals surface area (Å²) in [6, 6.07) is -0.733. The fraction of sp³-hybridized carbons (Fsp3) is 0.844. The lowest BCUT2D eigenvalue weighted by molar-refractivity contribution is -0.304. The second-order valence-corrected chi connectivity index (χ2v) is 11.9. The Hall–Kier alpha value is -1.85. The van der Waals surface area contributed by atoms with Crippen LogP contribution in [0.25, 0.3) is 0 Å². The Morgan fingerprint density at radius 3 is 2.02 bits per heavy atom. The minimum Gasteiger partial charge on any atom is -0.354 e. The fourth-order valence-electron chi connectivity index (χ4n) is 5.03. The Morgan fingerprint density at radius 2 is 1.43 bits per heavy atom. The summed E-state index contributed by atoms with van der Waals surface area (Å²) in [5.74, 6) is -0.495. The standard InChI is InChI=1S/C32H57N3O7/c1-4-5-6-7-8-9-10-11-12-15-28(37)35-27(19-18-26(2)36)31(38)34-21-14-17-30-41-24-32(25-42-30)22-39-29(40-23-32)16-13-20-33-3/h11-12,27,29-30,33H,4-10,13-25H2,1-3H3,(H,34,38)(H,35,37)/b12-11+. The first kappa shape index (κ1) is 36.3. The van der Waals surface area contributed by atoms with E-state index in [4.69, 9.17) is 18.9 Å². The van der Waals surface area contributed by atoms with Crippen LogP contribution in [0.4, 0.5) is 0 Å². The van der Waals surface area contributed by atoms with Gasteiger partial charge in [-0.3, -0.25) is 9.59 Å². The van der Waals surface area contributed by atoms with Crippen LogP contribution in [0.15, 0.2) is 12.2 Å². The van der Waals surface area contributed by atoms with Crippen molar-refractivity contribution in [2.45, 2.75) is 122 Å². The molecule has 2 heterocycles. The van der Waals surface area contributed by atoms with Gasteiger partial charge in [0.1, 0.15) is 11.8 Å². The van der Waals surface area contributed by atoms with Crippen LogP contribution in [0.2, 0.25) is 0 Å². The Bertz CT molecular complexity index is 789. The van der Waals surface area contributed by atoms with Gasteiger partial charge in [0.05, 0.1) is 31.8 Å². The van der Waals surface area contributed by atoms with Gasteiger partial charge in [-0.2, -0.15) is 0 Å². The van der Waals surface area contributed by atoms with Gasteiger partial charge < -0.3 is 39.7 Å². The molecule has 42 heavy (non-hydrogen) atoms. The predicted octanol–water partition coefficient (Wildman–Crippen LogP) is 4.17. The van der Waals surface area contributed by atoms with Crippen LogP contribution in [0, 0.1) is 5.41 Å². The summed E-state index contributed by atoms with van der Waals surface area (Å²) in [4.78, 5) is 36.8. The lowest BCUT2D eigenvalue weighted by Gasteiger charge is -2.43. The van der Waals surface area contributed by atoms with Gasteiger partial charge in [-0.25, -0.2) is 0 Å². The molecule has 0 aromatic rings. The normalized spacial score (nSPS) is 23.2. The van der Waals surface area contributed by atoms with Gasteiger partial charge in [-0.1, -0.05) is 51.2 Å². The Kier molecular flexibility index (Phi) is 18.8. The second-order valence-electron chi connectivity index (χ2n) is 11.9. The van der Waals surface area contributed by atoms with Crippen molar-refractivity contribution in [3.05, 3.63) is 12.2 Å². The van der Waals surface area contributed by atoms with Crippen molar-refractivity contribution < 1.29 is 33.3 Å². The molecule has 2 aliphatic heterocycles. The zero-order valence-electron chi connectivity index (χ0n) is 26.4. The molecule has 10 heteroatoms. The number of ketones is 1. The van der Waals surface area contributed by atoms with E-state index in [0.717, 1.165) is 32.2 Å². The van der Waals surface area contributed by atoms with Gasteiger partial charge in [0.15, 0.2) is 12.6 Å². The van der Waals surface area contributed by atoms with E-state index >= 15 is 0 Å². The van der Waals surface area contributed by atoms with Crippen LogP contribution in [0.5, 0.6) is 0 Å². The third-order valence-electron chi connectivity index (χ3n) is 7.72. The maximum Gasteiger partial charge on any atom is 0.242 e. The van der Waals surface area contributed by atoms with Crippen molar-refractivity contribution in [1.82, 2.24) is 16.0 Å². The van der Waals surface area contributed by atoms with Crippen LogP contribution in [0.3, 0.4) is 0 Å². The van der Waals surface area contributed by atoms with Gasteiger partial charge in [-0.05, 0) is 59.0 Å². The van der Waals surface area contributed by atoms with Gasteiger partial charge in [0, 0.05) is 25.8 Å². The zero-order chi connectivity index (χ0) is 30.5. The number of rotatable bonds is 22. The van der Waals surface area contributed by atoms with Crippen molar-refractivity contribution in [1.29, 1.82) is 0 Å². The number of ether oxygens (including phenoxy) is 4. The number of carbonyl (C=O) groups excluding carboxylic acids is 3. The minimum atomic E-state index is -0.733. The summed E-state index contributed by atoms with van der Waals surface area (Å²) < 4.78 is 23.7. The first-order chi connectivity index (χ1) is 20.4. The van der Waals surface area contributed by atoms with Gasteiger partial charge >= 0.3 is 0 Å². The van der Waals surface area contributed by atoms with Crippen LogP contribution in [-0.2, 0) is 33.3 Å². The van der Waals surface area contributed by atoms with E-state index < -0.39 is 6.04 Å². The van der Waals surface area contributed by atoms with E-state index in [1.54, 1.807) is 0 Å². The maximum absolute atomic E-state index is 12.8. The van der Waals surface area contributed by atoms with Gasteiger partial charge in [0.2, 0.25) is 11.8 Å². The molecule has 0 aliphatic carbocycles. The number of unbranched alkanes of at least 4 members (excludes halogenated alkanes) is 6. The number of nitrogens with one attached hydrogen (secondary N) is 3. The molecule has 3 N–H and O–H groups in total. The highest BCUT2D eigenvalue weighted by Crippen LogP contribution is 2.31. The van der Waals surface area contributed by atoms with Crippen molar-refractivity contribution in [3.63, 3.8) is 0 Å². The zero-order valence-corrected chi connectivity index (χ0v) is 26.4. The SMILES string of the molecule is CCCCCCCC/C=C/CC(=O)NC(CCC(C)=O)C(=O)NCCCC1OCC2(COC(CCCNC)OC2)CO1. The predicted molar refractivity (Wildman–Crippen MR) is 163 cm³/mol. The number of amides is 2. The third-order valence-corrected chi connectivity index (χ3v) is 7.72. The number of hydrogen-bond donors (Lipinski definition) is 3. The Balaban J connectivity index is 1.62. The molecule has 2 fully saturated rings. The average molecular weight is 596 g/mol. The van der Waals surface area contributed by atoms with Crippen LogP contribution < -0.4 is 16.0 Å². The molecule has 1 unspecified atom stereocenters. The Labute approximate surface area is 253 Å². The number of Topliss-reactive ketones (excluding diaryl/α,β-unsaturated/α-hetero) is 1. The smallest absolute Gasteiger partial charge is 0.242 e. The summed E-state index contributed by atoms with van der Waals surface area (Å²) in [6.45, 7) is 7.21. The minimum absolute atomic E-state index is 0.0108. The van der Waals surface area contributed by atoms with Crippen LogP contribution >= 0.6 is 0 Å². The summed E-state index contributed by atoms with van der Waals surface area (Å²) in [5, 5.41) is 8.84. The monoisotopic (exact) mass is 595 g/mol. The molecule has 0 aromatic carbocycles. The largest absolute Gasteiger partial charge is 0.354 e. The van der Waals surface area contributed by atoms with E-state index in [2.05, 4.69) is 22.9 Å². The average Bonchev–Trinajstić information content (AvgIpc) is 2.98. The summed E-state index contributed by atoms with van der Waals surface area (Å²) in [7, 11) is 1.93. The molecule has 0 radical (unpaired) electrons. The Morgan fingerprint density at radius 1 is 0.833 bits per heavy atom. The van der Waals surface area contributed by atoms with E-state index in [9.17, 15) is 14.4 Å². The highest BCUT2D eigenvalue weighted by molar-refractivity contribution is 5.88. The first-order valence-electron chi connectivity index (χ1n) is 16.2. The van der Waals surface area contributed by atoms with E-state index in [1.165, 1.54) is 39.0 Å². The summed E-state index contributed by atoms with van der Waals surface area (Å²) >= 11 is 0. The molecule has 0 aromatic heterocycles. The van der Waals surface area contributed by atoms with E-state index in [-0.39, 0.29) is 54.9 Å². The molecule has 2 saturated heterocycles. The van der Waals surface area contributed by atoms with E-state index in [0.29, 0.717) is 45.8 Å². The van der Waals surface area contributed by atoms with Crippen molar-refractivity contribution in [2.24, 2.45) is 5.41 Å². The van der Waals surface area contributed by atoms with Crippen molar-refractivity contribution >= 4 is 17.6 Å². The molecule has 242 valence electrons. The summed E-state index contributed by atoms with van der Waals surface area (Å²) in [6.07, 6.45) is 15.7. The molecule has 1 spiro atoms. The van der Waals surface area contributed by atoms with Crippen LogP contribution in [-0.4, -0.2) is 82.8 Å². The molecule has 1 atom stereocenters. The third kappa shape index (κ3) is 15.6. The maximum atomic E-state index is 12.8. The summed E-state index contributed by atoms with van der Waals surface area (Å²) in [5.41, 5.74) is -0.268. The first-order valence-corrected chi connectivity index (χ1v) is 16.2. The molecular weight excluding hydrogens is 538 g/mol. The van der Waals surface area contributed by atoms with Crippen molar-refractivity contribution in [3.8, 4) is 0 Å². The quantitative estimate of drug-likeness (QED) is 0.126. The second kappa shape index (κ2) is 21.8. The number of hydrogen-bond acceptors (Lipinski definition) is 8. The van der Waals surface area contributed by atoms with E-state index in [1.807, 2.05) is 19.2 Å². The number of carbonyl (C=O) groups is 3. The molecular formula is C32H57N3O7. The molecule has 2 rings (SSSR count). The lowest BCUT2D eigenvalue weighted by Crippen LogP contribution is -2.52. The molecule has 10 nitrogen and oxygen atoms in total. The van der Waals surface area contributed by atoms with Gasteiger partial charge in [0.25, 0.3) is 0 Å². The fourth-order valence-corrected chi connectivity index (χ4v) is 5.03. The topological polar surface area (TPSA) is 124 Å². The lowest BCUT2D eigenvalue weighted by atomic mass is 9.90. The molecule has 2 amide bonds. The van der Waals surface area contributed by atoms with Crippen LogP contribution in [0.1, 0.15) is 104 Å². The van der Waals surface area contributed by atoms with Crippen molar-refractivity contribution in [2.75, 3.05) is 46.6 Å². The number of allylic oxidation sites excluding steroid dienone is 1. The highest BCUT2D eigenvalue weighted by atomic mass is 16.7. The van der Waals surface area contributed by atoms with Gasteiger partial charge in [-0.15, -0.1) is 0 Å². The molecule has 0 saturated carbocycles. The molecule has 2 aliphatic rings.